The van der Waals surface area contributed by atoms with E-state index in [1.807, 2.05) is 6.92 Å². The van der Waals surface area contributed by atoms with Crippen LogP contribution in [0.4, 0.5) is 5.69 Å². The summed E-state index contributed by atoms with van der Waals surface area (Å²) in [5.41, 5.74) is 0.596. The van der Waals surface area contributed by atoms with Crippen LogP contribution in [0.15, 0.2) is 22.7 Å². The standard InChI is InChI=1S/C13H14BrNO4/c1-7-9(4-5-19-7)12(16)15-11-6-8(13(17)18)2-3-10(11)14/h2-3,6-7,9H,4-5H2,1H3,(H,15,16)(H,17,18). The number of carboxylic acids is 1. The minimum absolute atomic E-state index is 0.110. The van der Waals surface area contributed by atoms with E-state index in [1.165, 1.54) is 12.1 Å². The van der Waals surface area contributed by atoms with Crippen LogP contribution in [0.2, 0.25) is 0 Å². The van der Waals surface area contributed by atoms with Gasteiger partial charge in [-0.05, 0) is 47.5 Å². The molecule has 0 aliphatic carbocycles. The molecule has 1 aromatic carbocycles. The normalized spacial score (nSPS) is 22.2. The van der Waals surface area contributed by atoms with Crippen molar-refractivity contribution in [2.24, 2.45) is 5.92 Å². The Morgan fingerprint density at radius 2 is 2.21 bits per heavy atom. The first-order valence-electron chi connectivity index (χ1n) is 5.94. The molecule has 1 aliphatic rings. The number of amides is 1. The van der Waals surface area contributed by atoms with E-state index in [9.17, 15) is 9.59 Å². The van der Waals surface area contributed by atoms with E-state index in [2.05, 4.69) is 21.2 Å². The summed E-state index contributed by atoms with van der Waals surface area (Å²) < 4.78 is 6.00. The molecule has 0 radical (unpaired) electrons. The smallest absolute Gasteiger partial charge is 0.335 e. The number of aromatic carboxylic acids is 1. The molecule has 0 bridgehead atoms. The second-order valence-corrected chi connectivity index (χ2v) is 5.31. The third-order valence-electron chi connectivity index (χ3n) is 3.18. The Bertz CT molecular complexity index is 517. The Kier molecular flexibility index (Phi) is 4.21. The van der Waals surface area contributed by atoms with Gasteiger partial charge in [-0.2, -0.15) is 0 Å². The van der Waals surface area contributed by atoms with Crippen LogP contribution in [-0.4, -0.2) is 29.7 Å². The Labute approximate surface area is 119 Å². The van der Waals surface area contributed by atoms with E-state index in [1.54, 1.807) is 6.07 Å². The molecule has 0 spiro atoms. The van der Waals surface area contributed by atoms with E-state index in [0.29, 0.717) is 23.2 Å². The second kappa shape index (κ2) is 5.71. The molecule has 6 heteroatoms. The summed E-state index contributed by atoms with van der Waals surface area (Å²) in [5, 5.41) is 11.7. The number of halogens is 1. The highest BCUT2D eigenvalue weighted by Gasteiger charge is 2.31. The maximum atomic E-state index is 12.1. The quantitative estimate of drug-likeness (QED) is 0.894. The molecule has 2 atom stereocenters. The van der Waals surface area contributed by atoms with Crippen LogP contribution in [-0.2, 0) is 9.53 Å². The van der Waals surface area contributed by atoms with Crippen LogP contribution in [0.3, 0.4) is 0 Å². The molecule has 102 valence electrons. The minimum atomic E-state index is -1.03. The van der Waals surface area contributed by atoms with Crippen molar-refractivity contribution in [2.75, 3.05) is 11.9 Å². The van der Waals surface area contributed by atoms with Gasteiger partial charge < -0.3 is 15.2 Å². The lowest BCUT2D eigenvalue weighted by Crippen LogP contribution is -2.28. The number of anilines is 1. The number of carbonyl (C=O) groups is 2. The van der Waals surface area contributed by atoms with E-state index < -0.39 is 5.97 Å². The number of carbonyl (C=O) groups excluding carboxylic acids is 1. The van der Waals surface area contributed by atoms with Gasteiger partial charge in [0.2, 0.25) is 5.91 Å². The summed E-state index contributed by atoms with van der Waals surface area (Å²) in [5.74, 6) is -1.37. The zero-order chi connectivity index (χ0) is 14.0. The number of rotatable bonds is 3. The SMILES string of the molecule is CC1OCCC1C(=O)Nc1cc(C(=O)O)ccc1Br. The maximum Gasteiger partial charge on any atom is 0.335 e. The fraction of sp³-hybridized carbons (Fsp3) is 0.385. The average Bonchev–Trinajstić information content (AvgIpc) is 2.78. The minimum Gasteiger partial charge on any atom is -0.478 e. The lowest BCUT2D eigenvalue weighted by Gasteiger charge is -2.15. The monoisotopic (exact) mass is 327 g/mol. The molecule has 2 unspecified atom stereocenters. The van der Waals surface area contributed by atoms with Crippen LogP contribution >= 0.6 is 15.9 Å². The van der Waals surface area contributed by atoms with Crippen molar-refractivity contribution in [2.45, 2.75) is 19.4 Å². The molecule has 2 rings (SSSR count). The molecule has 1 aliphatic heterocycles. The zero-order valence-electron chi connectivity index (χ0n) is 10.4. The summed E-state index contributed by atoms with van der Waals surface area (Å²) in [7, 11) is 0. The first-order chi connectivity index (χ1) is 8.99. The van der Waals surface area contributed by atoms with Crippen molar-refractivity contribution in [3.63, 3.8) is 0 Å². The Morgan fingerprint density at radius 3 is 2.79 bits per heavy atom. The topological polar surface area (TPSA) is 75.6 Å². The van der Waals surface area contributed by atoms with Gasteiger partial charge in [-0.3, -0.25) is 4.79 Å². The molecule has 1 amide bonds. The number of benzene rings is 1. The highest BCUT2D eigenvalue weighted by Crippen LogP contribution is 2.27. The van der Waals surface area contributed by atoms with Crippen molar-refractivity contribution in [1.82, 2.24) is 0 Å². The lowest BCUT2D eigenvalue weighted by atomic mass is 10.0. The molecular weight excluding hydrogens is 314 g/mol. The molecule has 2 N–H and O–H groups in total. The lowest BCUT2D eigenvalue weighted by molar-refractivity contribution is -0.121. The molecule has 0 aromatic heterocycles. The van der Waals surface area contributed by atoms with E-state index in [4.69, 9.17) is 9.84 Å². The summed E-state index contributed by atoms with van der Waals surface area (Å²) in [6, 6.07) is 4.52. The Morgan fingerprint density at radius 1 is 1.47 bits per heavy atom. The number of hydrogen-bond acceptors (Lipinski definition) is 3. The summed E-state index contributed by atoms with van der Waals surface area (Å²) in [6.45, 7) is 2.44. The van der Waals surface area contributed by atoms with E-state index in [-0.39, 0.29) is 23.5 Å². The van der Waals surface area contributed by atoms with Crippen molar-refractivity contribution >= 4 is 33.5 Å². The Hall–Kier alpha value is -1.40. The molecule has 19 heavy (non-hydrogen) atoms. The van der Waals surface area contributed by atoms with Gasteiger partial charge in [0.1, 0.15) is 0 Å². The second-order valence-electron chi connectivity index (χ2n) is 4.46. The van der Waals surface area contributed by atoms with Crippen LogP contribution < -0.4 is 5.32 Å². The molecule has 1 aromatic rings. The number of ether oxygens (including phenoxy) is 1. The van der Waals surface area contributed by atoms with Crippen molar-refractivity contribution in [1.29, 1.82) is 0 Å². The first kappa shape index (κ1) is 14.0. The van der Waals surface area contributed by atoms with Gasteiger partial charge in [0.05, 0.1) is 23.3 Å². The van der Waals surface area contributed by atoms with Gasteiger partial charge in [0, 0.05) is 11.1 Å². The highest BCUT2D eigenvalue weighted by molar-refractivity contribution is 9.10. The van der Waals surface area contributed by atoms with Gasteiger partial charge in [0.15, 0.2) is 0 Å². The van der Waals surface area contributed by atoms with Gasteiger partial charge in [-0.15, -0.1) is 0 Å². The van der Waals surface area contributed by atoms with E-state index in [0.717, 1.165) is 0 Å². The third kappa shape index (κ3) is 3.13. The zero-order valence-corrected chi connectivity index (χ0v) is 11.9. The van der Waals surface area contributed by atoms with Crippen molar-refractivity contribution in [3.8, 4) is 0 Å². The van der Waals surface area contributed by atoms with Crippen LogP contribution in [0.5, 0.6) is 0 Å². The molecular formula is C13H14BrNO4. The molecule has 5 nitrogen and oxygen atoms in total. The average molecular weight is 328 g/mol. The predicted octanol–water partition coefficient (Wildman–Crippen LogP) is 2.51. The first-order valence-corrected chi connectivity index (χ1v) is 6.73. The summed E-state index contributed by atoms with van der Waals surface area (Å²) in [4.78, 5) is 23.0. The molecule has 1 heterocycles. The largest absolute Gasteiger partial charge is 0.478 e. The fourth-order valence-electron chi connectivity index (χ4n) is 2.06. The number of hydrogen-bond donors (Lipinski definition) is 2. The highest BCUT2D eigenvalue weighted by atomic mass is 79.9. The van der Waals surface area contributed by atoms with Crippen LogP contribution in [0.1, 0.15) is 23.7 Å². The summed E-state index contributed by atoms with van der Waals surface area (Å²) >= 11 is 3.29. The molecule has 0 saturated carbocycles. The molecule has 1 fully saturated rings. The number of nitrogens with one attached hydrogen (secondary N) is 1. The summed E-state index contributed by atoms with van der Waals surface area (Å²) in [6.07, 6.45) is 0.574. The van der Waals surface area contributed by atoms with Crippen LogP contribution in [0.25, 0.3) is 0 Å². The molecule has 1 saturated heterocycles. The van der Waals surface area contributed by atoms with Crippen molar-refractivity contribution < 1.29 is 19.4 Å². The van der Waals surface area contributed by atoms with Gasteiger partial charge in [-0.1, -0.05) is 0 Å². The van der Waals surface area contributed by atoms with Gasteiger partial charge >= 0.3 is 5.97 Å². The van der Waals surface area contributed by atoms with Gasteiger partial charge in [0.25, 0.3) is 0 Å². The van der Waals surface area contributed by atoms with Crippen LogP contribution in [0, 0.1) is 5.92 Å². The third-order valence-corrected chi connectivity index (χ3v) is 3.88. The fourth-order valence-corrected chi connectivity index (χ4v) is 2.40. The van der Waals surface area contributed by atoms with Crippen molar-refractivity contribution in [3.05, 3.63) is 28.2 Å². The predicted molar refractivity (Wildman–Crippen MR) is 73.3 cm³/mol. The van der Waals surface area contributed by atoms with Gasteiger partial charge in [-0.25, -0.2) is 4.79 Å². The number of carboxylic acid groups (broad SMARTS) is 1. The Balaban J connectivity index is 2.16. The maximum absolute atomic E-state index is 12.1. The van der Waals surface area contributed by atoms with E-state index >= 15 is 0 Å².